The van der Waals surface area contributed by atoms with Crippen LogP contribution in [0.4, 0.5) is 8.78 Å². The van der Waals surface area contributed by atoms with E-state index in [0.717, 1.165) is 82.5 Å². The molecule has 7 rings (SSSR count). The largest absolute Gasteiger partial charge is 0.355 e. The van der Waals surface area contributed by atoms with Crippen molar-refractivity contribution in [2.75, 3.05) is 32.7 Å². The number of hydrogen-bond acceptors (Lipinski definition) is 5. The molecule has 0 radical (unpaired) electrons. The number of carbonyl (C=O) groups is 1. The third-order valence-electron chi connectivity index (χ3n) is 9.54. The van der Waals surface area contributed by atoms with E-state index in [9.17, 15) is 13.6 Å². The Morgan fingerprint density at radius 3 is 2.69 bits per heavy atom. The second-order valence-electron chi connectivity index (χ2n) is 12.4. The van der Waals surface area contributed by atoms with E-state index in [2.05, 4.69) is 24.5 Å². The molecule has 4 heterocycles. The molecule has 1 aromatic carbocycles. The number of amides is 1. The zero-order valence-corrected chi connectivity index (χ0v) is 22.4. The van der Waals surface area contributed by atoms with Gasteiger partial charge in [-0.15, -0.1) is 0 Å². The normalized spacial score (nSPS) is 26.8. The van der Waals surface area contributed by atoms with Crippen molar-refractivity contribution >= 4 is 16.9 Å². The number of fused-ring (bicyclic) bond motifs is 1. The van der Waals surface area contributed by atoms with Crippen molar-refractivity contribution < 1.29 is 18.1 Å². The number of halogens is 2. The van der Waals surface area contributed by atoms with E-state index in [1.54, 1.807) is 6.07 Å². The third-order valence-corrected chi connectivity index (χ3v) is 9.54. The lowest BCUT2D eigenvalue weighted by molar-refractivity contribution is -0.134. The van der Waals surface area contributed by atoms with E-state index in [4.69, 9.17) is 4.52 Å². The minimum atomic E-state index is -2.85. The standard InChI is InChI=1S/C30H37F2N5O2/c31-30(32,23-6-7-23)26-5-1-4-24-27(34-39-28(24)26)21-8-12-35(13-9-21)18-22-15-25(22)29(38)37-11-2-3-20(17-37)16-36-14-10-33-19-36/h1,4-5,10,14,19-23,25H,2-3,6-9,11-13,15-18H2/t20-,22-,25+/m0/s1. The predicted molar refractivity (Wildman–Crippen MR) is 142 cm³/mol. The fraction of sp³-hybridized carbons (Fsp3) is 0.633. The van der Waals surface area contributed by atoms with Crippen LogP contribution in [0.3, 0.4) is 0 Å². The van der Waals surface area contributed by atoms with Gasteiger partial charge in [-0.3, -0.25) is 4.79 Å². The van der Waals surface area contributed by atoms with Gasteiger partial charge in [0.1, 0.15) is 0 Å². The van der Waals surface area contributed by atoms with Crippen LogP contribution in [0.25, 0.3) is 11.0 Å². The molecule has 0 spiro atoms. The van der Waals surface area contributed by atoms with E-state index in [0.29, 0.717) is 30.6 Å². The number of rotatable bonds is 8. The number of benzene rings is 1. The second kappa shape index (κ2) is 9.98. The summed E-state index contributed by atoms with van der Waals surface area (Å²) < 4.78 is 37.4. The van der Waals surface area contributed by atoms with Crippen molar-refractivity contribution in [3.05, 3.63) is 48.2 Å². The van der Waals surface area contributed by atoms with Crippen molar-refractivity contribution in [2.24, 2.45) is 23.7 Å². The molecule has 4 aliphatic rings. The summed E-state index contributed by atoms with van der Waals surface area (Å²) in [5.41, 5.74) is 1.08. The van der Waals surface area contributed by atoms with Gasteiger partial charge in [-0.1, -0.05) is 11.2 Å². The van der Waals surface area contributed by atoms with Crippen molar-refractivity contribution in [1.29, 1.82) is 0 Å². The fourth-order valence-corrected chi connectivity index (χ4v) is 7.02. The Bertz CT molecular complexity index is 1310. The summed E-state index contributed by atoms with van der Waals surface area (Å²) in [6, 6.07) is 5.09. The van der Waals surface area contributed by atoms with Crippen LogP contribution in [0, 0.1) is 23.7 Å². The van der Waals surface area contributed by atoms with Crippen molar-refractivity contribution in [3.63, 3.8) is 0 Å². The molecule has 0 unspecified atom stereocenters. The fourth-order valence-electron chi connectivity index (χ4n) is 7.02. The molecule has 3 atom stereocenters. The van der Waals surface area contributed by atoms with Crippen LogP contribution in [0.1, 0.15) is 62.1 Å². The number of imidazole rings is 1. The second-order valence-corrected chi connectivity index (χ2v) is 12.4. The molecule has 1 amide bonds. The molecule has 2 aliphatic heterocycles. The lowest BCUT2D eigenvalue weighted by atomic mass is 9.90. The van der Waals surface area contributed by atoms with Gasteiger partial charge in [0.25, 0.3) is 5.92 Å². The number of piperidine rings is 2. The zero-order chi connectivity index (χ0) is 26.6. The van der Waals surface area contributed by atoms with Gasteiger partial charge in [-0.05, 0) is 82.0 Å². The van der Waals surface area contributed by atoms with E-state index in [-0.39, 0.29) is 23.0 Å². The molecule has 2 saturated heterocycles. The first-order valence-corrected chi connectivity index (χ1v) is 14.7. The van der Waals surface area contributed by atoms with Gasteiger partial charge in [-0.25, -0.2) is 13.8 Å². The third kappa shape index (κ3) is 4.98. The first kappa shape index (κ1) is 25.2. The average Bonchev–Trinajstić information content (AvgIpc) is 3.85. The molecule has 0 bridgehead atoms. The van der Waals surface area contributed by atoms with E-state index >= 15 is 0 Å². The number of nitrogens with zero attached hydrogens (tertiary/aromatic N) is 5. The first-order valence-electron chi connectivity index (χ1n) is 14.7. The van der Waals surface area contributed by atoms with Crippen LogP contribution >= 0.6 is 0 Å². The molecule has 2 saturated carbocycles. The van der Waals surface area contributed by atoms with Gasteiger partial charge in [0, 0.05) is 61.7 Å². The Balaban J connectivity index is 0.919. The average molecular weight is 538 g/mol. The maximum atomic E-state index is 14.9. The van der Waals surface area contributed by atoms with Crippen molar-refractivity contribution in [2.45, 2.75) is 63.3 Å². The van der Waals surface area contributed by atoms with E-state index in [1.165, 1.54) is 6.07 Å². The molecule has 3 aromatic rings. The van der Waals surface area contributed by atoms with Crippen LogP contribution in [0.5, 0.6) is 0 Å². The minimum Gasteiger partial charge on any atom is -0.355 e. The summed E-state index contributed by atoms with van der Waals surface area (Å²) in [7, 11) is 0. The minimum absolute atomic E-state index is 0.00937. The summed E-state index contributed by atoms with van der Waals surface area (Å²) in [5, 5.41) is 5.05. The molecule has 0 N–H and O–H groups in total. The van der Waals surface area contributed by atoms with Crippen molar-refractivity contribution in [3.8, 4) is 0 Å². The quantitative estimate of drug-likeness (QED) is 0.391. The summed E-state index contributed by atoms with van der Waals surface area (Å²) >= 11 is 0. The van der Waals surface area contributed by atoms with Crippen LogP contribution in [-0.2, 0) is 17.3 Å². The van der Waals surface area contributed by atoms with Crippen LogP contribution in [-0.4, -0.2) is 63.1 Å². The lowest BCUT2D eigenvalue weighted by Gasteiger charge is -2.33. The maximum Gasteiger partial charge on any atom is 0.279 e. The maximum absolute atomic E-state index is 14.9. The monoisotopic (exact) mass is 537 g/mol. The van der Waals surface area contributed by atoms with E-state index < -0.39 is 11.8 Å². The molecular formula is C30H37F2N5O2. The highest BCUT2D eigenvalue weighted by Crippen LogP contribution is 2.51. The predicted octanol–water partition coefficient (Wildman–Crippen LogP) is 5.28. The molecule has 208 valence electrons. The van der Waals surface area contributed by atoms with E-state index in [1.807, 2.05) is 24.8 Å². The van der Waals surface area contributed by atoms with Gasteiger partial charge >= 0.3 is 0 Å². The summed E-state index contributed by atoms with van der Waals surface area (Å²) in [6.45, 7) is 5.50. The number of hydrogen-bond donors (Lipinski definition) is 0. The topological polar surface area (TPSA) is 67.4 Å². The number of likely N-dealkylation sites (tertiary alicyclic amines) is 2. The molecule has 7 nitrogen and oxygen atoms in total. The summed E-state index contributed by atoms with van der Waals surface area (Å²) in [5.74, 6) is -1.76. The number of alkyl halides is 2. The Morgan fingerprint density at radius 1 is 1.08 bits per heavy atom. The Morgan fingerprint density at radius 2 is 1.92 bits per heavy atom. The van der Waals surface area contributed by atoms with Crippen LogP contribution in [0.2, 0.25) is 0 Å². The summed E-state index contributed by atoms with van der Waals surface area (Å²) in [6.07, 6.45) is 11.9. The highest BCUT2D eigenvalue weighted by atomic mass is 19.3. The number of aromatic nitrogens is 3. The zero-order valence-electron chi connectivity index (χ0n) is 22.4. The van der Waals surface area contributed by atoms with Crippen molar-refractivity contribution in [1.82, 2.24) is 24.5 Å². The summed E-state index contributed by atoms with van der Waals surface area (Å²) in [4.78, 5) is 22.0. The van der Waals surface area contributed by atoms with Gasteiger partial charge in [0.05, 0.1) is 17.6 Å². The van der Waals surface area contributed by atoms with Gasteiger partial charge in [-0.2, -0.15) is 0 Å². The molecule has 4 fully saturated rings. The van der Waals surface area contributed by atoms with Crippen LogP contribution < -0.4 is 0 Å². The molecular weight excluding hydrogens is 500 g/mol. The first-order chi connectivity index (χ1) is 19.0. The molecule has 39 heavy (non-hydrogen) atoms. The number of para-hydroxylation sites is 1. The Hall–Kier alpha value is -2.81. The van der Waals surface area contributed by atoms with Gasteiger partial charge in [0.15, 0.2) is 5.58 Å². The molecule has 9 heteroatoms. The van der Waals surface area contributed by atoms with Crippen LogP contribution in [0.15, 0.2) is 41.4 Å². The molecule has 2 aliphatic carbocycles. The Kier molecular flexibility index (Phi) is 6.45. The van der Waals surface area contributed by atoms with Gasteiger partial charge in [0.2, 0.25) is 5.91 Å². The number of carbonyl (C=O) groups excluding carboxylic acids is 1. The smallest absolute Gasteiger partial charge is 0.279 e. The van der Waals surface area contributed by atoms with Gasteiger partial charge < -0.3 is 18.9 Å². The molecule has 2 aromatic heterocycles. The highest BCUT2D eigenvalue weighted by Gasteiger charge is 2.50. The lowest BCUT2D eigenvalue weighted by Crippen LogP contribution is -2.42. The Labute approximate surface area is 227 Å². The highest BCUT2D eigenvalue weighted by molar-refractivity contribution is 5.84. The SMILES string of the molecule is O=C([C@@H]1C[C@H]1CN1CCC(c2noc3c(C(F)(F)C4CC4)cccc23)CC1)N1CCC[C@@H](Cn2ccnc2)C1.